The summed E-state index contributed by atoms with van der Waals surface area (Å²) < 4.78 is 10.1. The molecular formula is C16H21N3O5S. The first-order chi connectivity index (χ1) is 11.9. The van der Waals surface area contributed by atoms with E-state index >= 15 is 0 Å². The molecule has 0 fully saturated rings. The van der Waals surface area contributed by atoms with Gasteiger partial charge in [0.05, 0.1) is 25.2 Å². The molecule has 0 atom stereocenters. The highest BCUT2D eigenvalue weighted by molar-refractivity contribution is 8.04. The third-order valence-electron chi connectivity index (χ3n) is 3.54. The summed E-state index contributed by atoms with van der Waals surface area (Å²) in [4.78, 5) is 38.7. The van der Waals surface area contributed by atoms with Crippen molar-refractivity contribution in [2.45, 2.75) is 6.42 Å². The van der Waals surface area contributed by atoms with Crippen molar-refractivity contribution in [2.24, 2.45) is 5.10 Å². The van der Waals surface area contributed by atoms with E-state index in [0.29, 0.717) is 23.9 Å². The lowest BCUT2D eigenvalue weighted by Crippen LogP contribution is -2.34. The summed E-state index contributed by atoms with van der Waals surface area (Å²) >= 11 is 1.27. The monoisotopic (exact) mass is 367 g/mol. The van der Waals surface area contributed by atoms with Crippen molar-refractivity contribution in [1.82, 2.24) is 10.3 Å². The molecule has 0 amide bonds. The highest BCUT2D eigenvalue weighted by atomic mass is 32.2. The van der Waals surface area contributed by atoms with E-state index in [1.807, 2.05) is 19.0 Å². The summed E-state index contributed by atoms with van der Waals surface area (Å²) in [6, 6.07) is 0. The van der Waals surface area contributed by atoms with Gasteiger partial charge in [-0.15, -0.1) is 11.8 Å². The fourth-order valence-corrected chi connectivity index (χ4v) is 3.06. The van der Waals surface area contributed by atoms with Crippen LogP contribution in [-0.2, 0) is 23.9 Å². The molecule has 2 aliphatic rings. The molecule has 1 aliphatic heterocycles. The van der Waals surface area contributed by atoms with E-state index in [9.17, 15) is 14.4 Å². The number of Topliss-reactive ketones (excluding diaryl/α,β-unsaturated/α-hetero) is 1. The molecule has 136 valence electrons. The summed E-state index contributed by atoms with van der Waals surface area (Å²) in [5.74, 6) is -0.654. The molecule has 25 heavy (non-hydrogen) atoms. The lowest BCUT2D eigenvalue weighted by Gasteiger charge is -2.22. The van der Waals surface area contributed by atoms with E-state index in [4.69, 9.17) is 4.74 Å². The molecule has 1 heterocycles. The molecule has 9 heteroatoms. The Morgan fingerprint density at radius 2 is 2.12 bits per heavy atom. The number of thioether (sulfide) groups is 1. The van der Waals surface area contributed by atoms with Crippen LogP contribution in [0.4, 0.5) is 0 Å². The minimum absolute atomic E-state index is 0.0170. The van der Waals surface area contributed by atoms with Crippen LogP contribution in [0.1, 0.15) is 6.42 Å². The largest absolute Gasteiger partial charge is 0.464 e. The number of nitrogens with one attached hydrogen (secondary N) is 1. The highest BCUT2D eigenvalue weighted by Crippen LogP contribution is 2.29. The smallest absolute Gasteiger partial charge is 0.354 e. The fraction of sp³-hybridized carbons (Fsp3) is 0.500. The van der Waals surface area contributed by atoms with Gasteiger partial charge in [-0.25, -0.2) is 4.79 Å². The molecule has 2 rings (SSSR count). The molecule has 0 saturated carbocycles. The van der Waals surface area contributed by atoms with Crippen LogP contribution in [-0.4, -0.2) is 74.9 Å². The second-order valence-electron chi connectivity index (χ2n) is 5.66. The molecule has 0 spiro atoms. The molecule has 0 radical (unpaired) electrons. The van der Waals surface area contributed by atoms with E-state index in [-0.39, 0.29) is 35.0 Å². The van der Waals surface area contributed by atoms with Crippen LogP contribution >= 0.6 is 11.8 Å². The van der Waals surface area contributed by atoms with Crippen LogP contribution in [0.3, 0.4) is 0 Å². The SMILES string of the molecule is COC(=O)C1=NNC2=C(C1)C(=O)C(SCCOCCN(C)C)=CC2=O. The van der Waals surface area contributed by atoms with E-state index in [1.54, 1.807) is 0 Å². The van der Waals surface area contributed by atoms with Gasteiger partial charge in [0.25, 0.3) is 0 Å². The Morgan fingerprint density at radius 1 is 1.36 bits per heavy atom. The van der Waals surface area contributed by atoms with Crippen molar-refractivity contribution in [3.8, 4) is 0 Å². The molecule has 8 nitrogen and oxygen atoms in total. The number of ketones is 2. The highest BCUT2D eigenvalue weighted by Gasteiger charge is 2.33. The number of nitrogens with zero attached hydrogens (tertiary/aromatic N) is 2. The van der Waals surface area contributed by atoms with Gasteiger partial charge in [0, 0.05) is 30.4 Å². The Hall–Kier alpha value is -1.97. The van der Waals surface area contributed by atoms with Crippen LogP contribution in [0.15, 0.2) is 27.4 Å². The minimum Gasteiger partial charge on any atom is -0.464 e. The van der Waals surface area contributed by atoms with Gasteiger partial charge in [-0.05, 0) is 14.1 Å². The second-order valence-corrected chi connectivity index (χ2v) is 6.80. The lowest BCUT2D eigenvalue weighted by atomic mass is 9.94. The van der Waals surface area contributed by atoms with Gasteiger partial charge < -0.3 is 14.4 Å². The Labute approximate surface area is 150 Å². The zero-order chi connectivity index (χ0) is 18.4. The Morgan fingerprint density at radius 3 is 2.80 bits per heavy atom. The van der Waals surface area contributed by atoms with Crippen molar-refractivity contribution < 1.29 is 23.9 Å². The first-order valence-electron chi connectivity index (χ1n) is 7.74. The zero-order valence-electron chi connectivity index (χ0n) is 14.5. The summed E-state index contributed by atoms with van der Waals surface area (Å²) in [6.07, 6.45) is 1.29. The average Bonchev–Trinajstić information content (AvgIpc) is 2.60. The number of carbonyl (C=O) groups is 3. The molecule has 1 aliphatic carbocycles. The molecule has 0 saturated heterocycles. The minimum atomic E-state index is -0.627. The molecule has 0 bridgehead atoms. The van der Waals surface area contributed by atoms with Crippen LogP contribution in [0, 0.1) is 0 Å². The number of hydrogen-bond donors (Lipinski definition) is 1. The number of carbonyl (C=O) groups excluding carboxylic acids is 3. The van der Waals surface area contributed by atoms with Crippen molar-refractivity contribution in [2.75, 3.05) is 46.7 Å². The first kappa shape index (κ1) is 19.4. The first-order valence-corrected chi connectivity index (χ1v) is 8.72. The number of hydrogen-bond acceptors (Lipinski definition) is 9. The number of esters is 1. The van der Waals surface area contributed by atoms with Gasteiger partial charge in [0.15, 0.2) is 5.78 Å². The number of rotatable bonds is 8. The van der Waals surface area contributed by atoms with Gasteiger partial charge in [-0.2, -0.15) is 5.10 Å². The maximum Gasteiger partial charge on any atom is 0.354 e. The van der Waals surface area contributed by atoms with Gasteiger partial charge in [-0.3, -0.25) is 15.0 Å². The van der Waals surface area contributed by atoms with Crippen molar-refractivity contribution in [3.05, 3.63) is 22.3 Å². The molecule has 0 unspecified atom stereocenters. The summed E-state index contributed by atoms with van der Waals surface area (Å²) in [5.41, 5.74) is 2.94. The van der Waals surface area contributed by atoms with Gasteiger partial charge in [0.1, 0.15) is 11.4 Å². The van der Waals surface area contributed by atoms with Crippen molar-refractivity contribution in [3.63, 3.8) is 0 Å². The standard InChI is InChI=1S/C16H21N3O5S/c1-19(2)4-5-24-6-7-25-13-9-12(20)14-10(15(13)21)8-11(17-18-14)16(22)23-3/h9,18H,4-8H2,1-3H3. The Bertz CT molecular complexity index is 667. The van der Waals surface area contributed by atoms with Gasteiger partial charge in [0.2, 0.25) is 5.78 Å². The predicted octanol–water partition coefficient (Wildman–Crippen LogP) is 0.110. The summed E-state index contributed by atoms with van der Waals surface area (Å²) in [5, 5.41) is 3.81. The third-order valence-corrected chi connectivity index (χ3v) is 4.53. The quantitative estimate of drug-likeness (QED) is 0.367. The topological polar surface area (TPSA) is 97.3 Å². The molecule has 0 aromatic heterocycles. The number of likely N-dealkylation sites (N-methyl/N-ethyl adjacent to an activating group) is 1. The third kappa shape index (κ3) is 5.00. The van der Waals surface area contributed by atoms with Gasteiger partial charge >= 0.3 is 5.97 Å². The van der Waals surface area contributed by atoms with Crippen LogP contribution in [0.25, 0.3) is 0 Å². The summed E-state index contributed by atoms with van der Waals surface area (Å²) in [7, 11) is 5.16. The molecule has 0 aromatic rings. The Kier molecular flexibility index (Phi) is 6.91. The van der Waals surface area contributed by atoms with E-state index in [1.165, 1.54) is 24.9 Å². The number of allylic oxidation sites excluding steroid dienone is 3. The van der Waals surface area contributed by atoms with Crippen LogP contribution < -0.4 is 5.43 Å². The van der Waals surface area contributed by atoms with Crippen LogP contribution in [0.2, 0.25) is 0 Å². The second kappa shape index (κ2) is 8.93. The van der Waals surface area contributed by atoms with Crippen LogP contribution in [0.5, 0.6) is 0 Å². The molecular weight excluding hydrogens is 346 g/mol. The lowest BCUT2D eigenvalue weighted by molar-refractivity contribution is -0.132. The maximum atomic E-state index is 12.6. The number of hydrazone groups is 1. The zero-order valence-corrected chi connectivity index (χ0v) is 15.3. The molecule has 1 N–H and O–H groups in total. The maximum absolute atomic E-state index is 12.6. The fourth-order valence-electron chi connectivity index (χ4n) is 2.19. The Balaban J connectivity index is 1.90. The van der Waals surface area contributed by atoms with E-state index in [0.717, 1.165) is 6.54 Å². The predicted molar refractivity (Wildman–Crippen MR) is 94.2 cm³/mol. The van der Waals surface area contributed by atoms with Gasteiger partial charge in [-0.1, -0.05) is 0 Å². The van der Waals surface area contributed by atoms with Crippen molar-refractivity contribution >= 4 is 35.0 Å². The van der Waals surface area contributed by atoms with Crippen molar-refractivity contribution in [1.29, 1.82) is 0 Å². The van der Waals surface area contributed by atoms with E-state index < -0.39 is 5.97 Å². The summed E-state index contributed by atoms with van der Waals surface area (Å²) in [6.45, 7) is 1.91. The number of methoxy groups -OCH3 is 1. The number of ether oxygens (including phenoxy) is 2. The normalized spacial score (nSPS) is 17.1. The average molecular weight is 367 g/mol. The van der Waals surface area contributed by atoms with E-state index in [2.05, 4.69) is 15.3 Å². The molecule has 0 aromatic carbocycles.